The lowest BCUT2D eigenvalue weighted by Crippen LogP contribution is -2.42. The Kier molecular flexibility index (Phi) is 8.32. The van der Waals surface area contributed by atoms with Crippen molar-refractivity contribution < 1.29 is 31.1 Å². The molecule has 0 spiro atoms. The van der Waals surface area contributed by atoms with Crippen molar-refractivity contribution in [2.75, 3.05) is 44.7 Å². The summed E-state index contributed by atoms with van der Waals surface area (Å²) in [5.74, 6) is -0.0733. The van der Waals surface area contributed by atoms with Crippen molar-refractivity contribution in [2.45, 2.75) is 68.2 Å². The number of piperidine rings is 2. The van der Waals surface area contributed by atoms with Gasteiger partial charge < -0.3 is 20.1 Å². The van der Waals surface area contributed by atoms with Gasteiger partial charge in [-0.3, -0.25) is 0 Å². The molecule has 4 heterocycles. The van der Waals surface area contributed by atoms with Crippen LogP contribution in [0.25, 0.3) is 0 Å². The van der Waals surface area contributed by atoms with Crippen LogP contribution in [0, 0.1) is 6.92 Å². The molecular formula is C26H34F3N5O4S. The lowest BCUT2D eigenvalue weighted by atomic mass is 9.87. The van der Waals surface area contributed by atoms with Crippen molar-refractivity contribution in [2.24, 2.45) is 0 Å². The number of anilines is 1. The Bertz CT molecular complexity index is 1260. The van der Waals surface area contributed by atoms with Crippen LogP contribution in [0.15, 0.2) is 29.3 Å². The Hall–Kier alpha value is -2.48. The second kappa shape index (κ2) is 11.6. The molecule has 3 aliphatic heterocycles. The summed E-state index contributed by atoms with van der Waals surface area (Å²) < 4.78 is 79.3. The molecule has 0 aliphatic carbocycles. The van der Waals surface area contributed by atoms with Crippen molar-refractivity contribution in [3.8, 4) is 5.88 Å². The van der Waals surface area contributed by atoms with E-state index in [0.29, 0.717) is 31.8 Å². The zero-order valence-corrected chi connectivity index (χ0v) is 22.7. The summed E-state index contributed by atoms with van der Waals surface area (Å²) in [5.41, 5.74) is 1.15. The van der Waals surface area contributed by atoms with E-state index in [1.54, 1.807) is 12.1 Å². The number of alkyl halides is 3. The van der Waals surface area contributed by atoms with Crippen molar-refractivity contribution >= 4 is 16.0 Å². The highest BCUT2D eigenvalue weighted by atomic mass is 32.2. The summed E-state index contributed by atoms with van der Waals surface area (Å²) in [7, 11) is -3.67. The number of halogens is 3. The van der Waals surface area contributed by atoms with Crippen LogP contribution in [0.4, 0.5) is 19.1 Å². The summed E-state index contributed by atoms with van der Waals surface area (Å²) in [5, 5.41) is 6.42. The molecule has 0 bridgehead atoms. The number of aromatic nitrogens is 2. The van der Waals surface area contributed by atoms with Crippen molar-refractivity contribution in [1.82, 2.24) is 19.6 Å². The third kappa shape index (κ3) is 6.47. The highest BCUT2D eigenvalue weighted by Crippen LogP contribution is 2.36. The van der Waals surface area contributed by atoms with E-state index in [9.17, 15) is 21.6 Å². The highest BCUT2D eigenvalue weighted by Gasteiger charge is 2.38. The Morgan fingerprint density at radius 1 is 1.13 bits per heavy atom. The van der Waals surface area contributed by atoms with Crippen LogP contribution in [0.1, 0.15) is 54.7 Å². The predicted molar refractivity (Wildman–Crippen MR) is 138 cm³/mol. The van der Waals surface area contributed by atoms with Gasteiger partial charge in [-0.1, -0.05) is 6.07 Å². The van der Waals surface area contributed by atoms with Gasteiger partial charge in [-0.25, -0.2) is 13.4 Å². The second-order valence-electron chi connectivity index (χ2n) is 10.4. The van der Waals surface area contributed by atoms with Gasteiger partial charge in [0.05, 0.1) is 18.1 Å². The van der Waals surface area contributed by atoms with Crippen LogP contribution < -0.4 is 15.4 Å². The zero-order chi connectivity index (χ0) is 27.6. The molecule has 0 amide bonds. The van der Waals surface area contributed by atoms with Crippen LogP contribution in [-0.2, 0) is 20.9 Å². The maximum Gasteiger partial charge on any atom is 0.423 e. The number of benzene rings is 1. The molecule has 2 aromatic rings. The summed E-state index contributed by atoms with van der Waals surface area (Å²) in [6.45, 7) is 5.08. The Morgan fingerprint density at radius 3 is 2.51 bits per heavy atom. The molecule has 2 N–H and O–H groups in total. The van der Waals surface area contributed by atoms with Crippen LogP contribution in [-0.4, -0.2) is 74.2 Å². The SMILES string of the molecule is Cc1cc(S(=O)(=O)N2CCC(Nc3ncc(C(F)(F)F)c(O[C@H]4CCOC4)n3)CC2)ccc1C1CCNCC1. The fourth-order valence-corrected chi connectivity index (χ4v) is 7.01. The third-order valence-electron chi connectivity index (χ3n) is 7.67. The smallest absolute Gasteiger partial charge is 0.423 e. The van der Waals surface area contributed by atoms with E-state index in [4.69, 9.17) is 9.47 Å². The quantitative estimate of drug-likeness (QED) is 0.520. The van der Waals surface area contributed by atoms with Crippen LogP contribution in [0.3, 0.4) is 0 Å². The molecule has 0 saturated carbocycles. The number of nitrogens with zero attached hydrogens (tertiary/aromatic N) is 3. The lowest BCUT2D eigenvalue weighted by molar-refractivity contribution is -0.139. The van der Waals surface area contributed by atoms with E-state index >= 15 is 0 Å². The summed E-state index contributed by atoms with van der Waals surface area (Å²) in [6, 6.07) is 5.23. The molecule has 5 rings (SSSR count). The topological polar surface area (TPSA) is 106 Å². The number of rotatable bonds is 7. The number of nitrogens with one attached hydrogen (secondary N) is 2. The maximum atomic E-state index is 13.5. The van der Waals surface area contributed by atoms with E-state index < -0.39 is 33.7 Å². The Morgan fingerprint density at radius 2 is 1.87 bits per heavy atom. The van der Waals surface area contributed by atoms with Crippen LogP contribution in [0.2, 0.25) is 0 Å². The van der Waals surface area contributed by atoms with Gasteiger partial charge >= 0.3 is 6.18 Å². The van der Waals surface area contributed by atoms with E-state index in [1.165, 1.54) is 9.87 Å². The number of aryl methyl sites for hydroxylation is 1. The van der Waals surface area contributed by atoms with Gasteiger partial charge in [0.25, 0.3) is 0 Å². The Labute approximate surface area is 226 Å². The van der Waals surface area contributed by atoms with Crippen molar-refractivity contribution in [1.29, 1.82) is 0 Å². The first-order valence-corrected chi connectivity index (χ1v) is 14.8. The number of ether oxygens (including phenoxy) is 2. The molecule has 3 aliphatic rings. The largest absolute Gasteiger partial charge is 0.471 e. The van der Waals surface area contributed by atoms with E-state index in [0.717, 1.165) is 37.7 Å². The molecule has 3 saturated heterocycles. The average Bonchev–Trinajstić information content (AvgIpc) is 3.42. The zero-order valence-electron chi connectivity index (χ0n) is 21.8. The molecule has 13 heteroatoms. The minimum atomic E-state index is -4.66. The minimum Gasteiger partial charge on any atom is -0.471 e. The molecule has 39 heavy (non-hydrogen) atoms. The molecular weight excluding hydrogens is 535 g/mol. The number of hydrogen-bond acceptors (Lipinski definition) is 8. The normalized spacial score (nSPS) is 22.2. The average molecular weight is 570 g/mol. The van der Waals surface area contributed by atoms with Crippen LogP contribution >= 0.6 is 0 Å². The Balaban J connectivity index is 1.22. The van der Waals surface area contributed by atoms with Gasteiger partial charge in [0.2, 0.25) is 21.9 Å². The molecule has 0 unspecified atom stereocenters. The van der Waals surface area contributed by atoms with E-state index in [2.05, 4.69) is 20.6 Å². The van der Waals surface area contributed by atoms with Gasteiger partial charge in [-0.2, -0.15) is 22.5 Å². The van der Waals surface area contributed by atoms with Crippen molar-refractivity contribution in [3.63, 3.8) is 0 Å². The number of hydrogen-bond donors (Lipinski definition) is 2. The predicted octanol–water partition coefficient (Wildman–Crippen LogP) is 3.70. The van der Waals surface area contributed by atoms with Gasteiger partial charge in [-0.05, 0) is 74.9 Å². The molecule has 0 radical (unpaired) electrons. The molecule has 1 aromatic carbocycles. The number of sulfonamides is 1. The summed E-state index contributed by atoms with van der Waals surface area (Å²) in [4.78, 5) is 8.15. The fraction of sp³-hybridized carbons (Fsp3) is 0.615. The second-order valence-corrected chi connectivity index (χ2v) is 12.3. The fourth-order valence-electron chi connectivity index (χ4n) is 5.46. The summed E-state index contributed by atoms with van der Waals surface area (Å²) >= 11 is 0. The first-order valence-electron chi connectivity index (χ1n) is 13.4. The minimum absolute atomic E-state index is 0.0161. The van der Waals surface area contributed by atoms with Crippen LogP contribution in [0.5, 0.6) is 5.88 Å². The molecule has 1 atom stereocenters. The first-order chi connectivity index (χ1) is 18.6. The molecule has 3 fully saturated rings. The van der Waals surface area contributed by atoms with E-state index in [1.807, 2.05) is 13.0 Å². The maximum absolute atomic E-state index is 13.5. The molecule has 214 valence electrons. The lowest BCUT2D eigenvalue weighted by Gasteiger charge is -2.32. The highest BCUT2D eigenvalue weighted by molar-refractivity contribution is 7.89. The van der Waals surface area contributed by atoms with Gasteiger partial charge in [0, 0.05) is 31.7 Å². The summed E-state index contributed by atoms with van der Waals surface area (Å²) in [6.07, 6.45) is -0.952. The first kappa shape index (κ1) is 28.1. The van der Waals surface area contributed by atoms with Crippen molar-refractivity contribution in [3.05, 3.63) is 41.1 Å². The third-order valence-corrected chi connectivity index (χ3v) is 9.57. The van der Waals surface area contributed by atoms with Gasteiger partial charge in [0.15, 0.2) is 0 Å². The molecule has 9 nitrogen and oxygen atoms in total. The molecule has 1 aromatic heterocycles. The monoisotopic (exact) mass is 569 g/mol. The van der Waals surface area contributed by atoms with Gasteiger partial charge in [-0.15, -0.1) is 0 Å². The van der Waals surface area contributed by atoms with E-state index in [-0.39, 0.29) is 36.6 Å². The van der Waals surface area contributed by atoms with Gasteiger partial charge in [0.1, 0.15) is 11.7 Å². The standard InChI is InChI=1S/C26H34F3N5O4S/c1-17-14-21(2-3-22(17)18-4-9-30-10-5-18)39(35,36)34-11-6-19(7-12-34)32-25-31-15-23(26(27,28)29)24(33-25)38-20-8-13-37-16-20/h2-3,14-15,18-20,30H,4-13,16H2,1H3,(H,31,32,33)/t20-/m0/s1.